The van der Waals surface area contributed by atoms with E-state index < -0.39 is 4.25 Å². The summed E-state index contributed by atoms with van der Waals surface area (Å²) < 4.78 is 2.78. The summed E-state index contributed by atoms with van der Waals surface area (Å²) in [5, 5.41) is 5.37. The van der Waals surface area contributed by atoms with Gasteiger partial charge in [0.25, 0.3) is 0 Å². The van der Waals surface area contributed by atoms with Crippen molar-refractivity contribution in [2.75, 3.05) is 6.61 Å². The van der Waals surface area contributed by atoms with Gasteiger partial charge in [-0.3, -0.25) is 0 Å². The molecular formula is C26H24IOP. The molecule has 4 aromatic rings. The molecule has 0 N–H and O–H groups in total. The standard InChI is InChI=1S/C26H24IOP/c1-2-28-22-18-20-26(21-19-22)29(27,23-12-6-3-7-13-23,24-14-8-4-9-15-24)25-16-10-5-11-17-25/h3-21H,2H2,1H3. The predicted octanol–water partition coefficient (Wildman–Crippen LogP) is 5.59. The molecule has 4 rings (SSSR count). The molecule has 1 nitrogen and oxygen atoms in total. The fourth-order valence-electron chi connectivity index (χ4n) is 4.01. The zero-order chi connectivity index (χ0) is 20.2. The van der Waals surface area contributed by atoms with Crippen molar-refractivity contribution in [3.05, 3.63) is 115 Å². The molecule has 0 spiro atoms. The van der Waals surface area contributed by atoms with Gasteiger partial charge in [-0.05, 0) is 0 Å². The minimum absolute atomic E-state index is 0.670. The van der Waals surface area contributed by atoms with Gasteiger partial charge in [0.05, 0.1) is 0 Å². The third-order valence-corrected chi connectivity index (χ3v) is 17.1. The summed E-state index contributed by atoms with van der Waals surface area (Å²) in [6, 6.07) is 41.6. The molecule has 0 aromatic heterocycles. The first-order valence-corrected chi connectivity index (χ1v) is 14.8. The SMILES string of the molecule is CCOc1ccc(P(I)(c2ccccc2)(c2ccccc2)c2ccccc2)cc1. The van der Waals surface area contributed by atoms with Gasteiger partial charge in [-0.25, -0.2) is 0 Å². The van der Waals surface area contributed by atoms with Crippen LogP contribution in [-0.2, 0) is 0 Å². The Hall–Kier alpha value is -2.16. The van der Waals surface area contributed by atoms with Gasteiger partial charge in [-0.1, -0.05) is 0 Å². The number of halogens is 1. The van der Waals surface area contributed by atoms with E-state index in [1.54, 1.807) is 0 Å². The van der Waals surface area contributed by atoms with Crippen LogP contribution in [-0.4, -0.2) is 6.61 Å². The van der Waals surface area contributed by atoms with Crippen molar-refractivity contribution in [2.45, 2.75) is 6.92 Å². The number of rotatable bonds is 6. The molecule has 0 heterocycles. The van der Waals surface area contributed by atoms with Gasteiger partial charge in [-0.15, -0.1) is 0 Å². The van der Waals surface area contributed by atoms with Crippen molar-refractivity contribution in [3.8, 4) is 5.75 Å². The molecule has 0 bridgehead atoms. The van der Waals surface area contributed by atoms with E-state index in [4.69, 9.17) is 4.74 Å². The topological polar surface area (TPSA) is 9.23 Å². The average Bonchev–Trinajstić information content (AvgIpc) is 2.81. The van der Waals surface area contributed by atoms with Crippen LogP contribution in [0.2, 0.25) is 0 Å². The fourth-order valence-corrected chi connectivity index (χ4v) is 12.6. The van der Waals surface area contributed by atoms with E-state index in [9.17, 15) is 0 Å². The van der Waals surface area contributed by atoms with Crippen LogP contribution in [0.5, 0.6) is 5.75 Å². The van der Waals surface area contributed by atoms with E-state index in [1.807, 2.05) is 6.92 Å². The summed E-state index contributed by atoms with van der Waals surface area (Å²) in [6.45, 7) is 2.69. The van der Waals surface area contributed by atoms with Crippen molar-refractivity contribution in [2.24, 2.45) is 0 Å². The number of ether oxygens (including phenoxy) is 1. The van der Waals surface area contributed by atoms with Gasteiger partial charge in [0, 0.05) is 0 Å². The van der Waals surface area contributed by atoms with Gasteiger partial charge in [0.2, 0.25) is 0 Å². The maximum atomic E-state index is 5.74. The molecule has 4 aromatic carbocycles. The molecule has 0 aliphatic heterocycles. The first-order chi connectivity index (χ1) is 14.2. The average molecular weight is 510 g/mol. The van der Waals surface area contributed by atoms with E-state index in [1.165, 1.54) is 21.2 Å². The molecule has 0 saturated heterocycles. The van der Waals surface area contributed by atoms with E-state index in [-0.39, 0.29) is 0 Å². The second-order valence-corrected chi connectivity index (χ2v) is 16.8. The van der Waals surface area contributed by atoms with Gasteiger partial charge >= 0.3 is 187 Å². The summed E-state index contributed by atoms with van der Waals surface area (Å²) >= 11 is 2.79. The summed E-state index contributed by atoms with van der Waals surface area (Å²) in [7, 11) is 0. The summed E-state index contributed by atoms with van der Waals surface area (Å²) in [6.07, 6.45) is 0. The zero-order valence-corrected chi connectivity index (χ0v) is 19.5. The van der Waals surface area contributed by atoms with Gasteiger partial charge < -0.3 is 0 Å². The second-order valence-electron chi connectivity index (χ2n) is 6.94. The van der Waals surface area contributed by atoms with Crippen molar-refractivity contribution >= 4 is 47.5 Å². The molecule has 29 heavy (non-hydrogen) atoms. The van der Waals surface area contributed by atoms with E-state index in [0.29, 0.717) is 6.61 Å². The van der Waals surface area contributed by atoms with Crippen LogP contribution in [0.1, 0.15) is 6.92 Å². The molecule has 0 fully saturated rings. The first-order valence-electron chi connectivity index (χ1n) is 9.82. The van der Waals surface area contributed by atoms with Crippen LogP contribution in [0, 0.1) is 0 Å². The van der Waals surface area contributed by atoms with Gasteiger partial charge in [0.1, 0.15) is 0 Å². The molecule has 0 radical (unpaired) electrons. The number of hydrogen-bond acceptors (Lipinski definition) is 1. The molecule has 0 amide bonds. The van der Waals surface area contributed by atoms with Gasteiger partial charge in [-0.2, -0.15) is 0 Å². The van der Waals surface area contributed by atoms with Crippen molar-refractivity contribution in [1.82, 2.24) is 0 Å². The van der Waals surface area contributed by atoms with Crippen molar-refractivity contribution in [1.29, 1.82) is 0 Å². The normalized spacial score (nSPS) is 12.7. The molecule has 0 atom stereocenters. The summed E-state index contributed by atoms with van der Waals surface area (Å²) in [5.74, 6) is 0.909. The Morgan fingerprint density at radius 1 is 0.552 bits per heavy atom. The maximum absolute atomic E-state index is 5.74. The Kier molecular flexibility index (Phi) is 5.76. The zero-order valence-electron chi connectivity index (χ0n) is 16.4. The molecule has 0 aliphatic rings. The third kappa shape index (κ3) is 3.29. The Labute approximate surface area is 186 Å². The number of benzene rings is 4. The molecule has 0 saturated carbocycles. The summed E-state index contributed by atoms with van der Waals surface area (Å²) in [5.41, 5.74) is 0. The van der Waals surface area contributed by atoms with Crippen LogP contribution >= 0.6 is 26.3 Å². The first kappa shape index (κ1) is 20.1. The molecular weight excluding hydrogens is 486 g/mol. The van der Waals surface area contributed by atoms with Crippen LogP contribution < -0.4 is 26.0 Å². The second kappa shape index (κ2) is 8.30. The third-order valence-electron chi connectivity index (χ3n) is 5.36. The van der Waals surface area contributed by atoms with Crippen molar-refractivity contribution < 1.29 is 4.74 Å². The monoisotopic (exact) mass is 510 g/mol. The quantitative estimate of drug-likeness (QED) is 0.243. The van der Waals surface area contributed by atoms with Crippen LogP contribution in [0.25, 0.3) is 0 Å². The molecule has 0 aliphatic carbocycles. The fraction of sp³-hybridized carbons (Fsp3) is 0.0769. The minimum atomic E-state index is -2.95. The Bertz CT molecular complexity index is 965. The van der Waals surface area contributed by atoms with Crippen LogP contribution in [0.15, 0.2) is 115 Å². The van der Waals surface area contributed by atoms with E-state index >= 15 is 0 Å². The molecule has 3 heteroatoms. The Balaban J connectivity index is 2.13. The summed E-state index contributed by atoms with van der Waals surface area (Å²) in [4.78, 5) is 0. The van der Waals surface area contributed by atoms with E-state index in [0.717, 1.165) is 5.75 Å². The molecule has 146 valence electrons. The predicted molar refractivity (Wildman–Crippen MR) is 136 cm³/mol. The van der Waals surface area contributed by atoms with Crippen molar-refractivity contribution in [3.63, 3.8) is 0 Å². The molecule has 0 unspecified atom stereocenters. The van der Waals surface area contributed by atoms with E-state index in [2.05, 4.69) is 137 Å². The number of hydrogen-bond donors (Lipinski definition) is 0. The van der Waals surface area contributed by atoms with Crippen LogP contribution in [0.4, 0.5) is 0 Å². The Morgan fingerprint density at radius 3 is 1.24 bits per heavy atom. The Morgan fingerprint density at radius 2 is 0.897 bits per heavy atom. The van der Waals surface area contributed by atoms with Crippen LogP contribution in [0.3, 0.4) is 0 Å². The van der Waals surface area contributed by atoms with Gasteiger partial charge in [0.15, 0.2) is 0 Å².